The Morgan fingerprint density at radius 2 is 1.25 bits per heavy atom. The minimum atomic E-state index is -1.71. The Hall–Kier alpha value is -7.92. The van der Waals surface area contributed by atoms with Gasteiger partial charge in [-0.25, -0.2) is 0 Å². The van der Waals surface area contributed by atoms with Crippen LogP contribution in [0.2, 0.25) is 0 Å². The molecule has 0 aliphatic carbocycles. The Balaban J connectivity index is 1.13. The lowest BCUT2D eigenvalue weighted by atomic mass is 9.99. The summed E-state index contributed by atoms with van der Waals surface area (Å²) in [5.74, 6) is -6.34. The average molecular weight is 1120 g/mol. The van der Waals surface area contributed by atoms with Gasteiger partial charge in [0.25, 0.3) is 5.91 Å². The summed E-state index contributed by atoms with van der Waals surface area (Å²) in [4.78, 5) is 114. The van der Waals surface area contributed by atoms with Crippen LogP contribution < -0.4 is 36.6 Å². The van der Waals surface area contributed by atoms with Crippen LogP contribution in [-0.4, -0.2) is 176 Å². The van der Waals surface area contributed by atoms with E-state index in [1.807, 2.05) is 48.5 Å². The van der Waals surface area contributed by atoms with Crippen LogP contribution in [0.5, 0.6) is 11.5 Å². The highest BCUT2D eigenvalue weighted by atomic mass is 16.5. The van der Waals surface area contributed by atoms with Gasteiger partial charge in [-0.15, -0.1) is 0 Å². The Labute approximate surface area is 470 Å². The number of nitrogens with one attached hydrogen (secondary N) is 6. The van der Waals surface area contributed by atoms with Gasteiger partial charge in [0, 0.05) is 37.7 Å². The fraction of sp³-hybridized carbons (Fsp3) is 0.458. The van der Waals surface area contributed by atoms with E-state index in [-0.39, 0.29) is 62.9 Å². The Morgan fingerprint density at radius 1 is 0.691 bits per heavy atom. The molecule has 22 nitrogen and oxygen atoms in total. The molecule has 81 heavy (non-hydrogen) atoms. The van der Waals surface area contributed by atoms with Crippen LogP contribution in [0, 0.1) is 0 Å². The van der Waals surface area contributed by atoms with Crippen LogP contribution in [0.3, 0.4) is 0 Å². The van der Waals surface area contributed by atoms with Gasteiger partial charge in [-0.2, -0.15) is 0 Å². The average Bonchev–Trinajstić information content (AvgIpc) is 4.21. The van der Waals surface area contributed by atoms with E-state index in [9.17, 15) is 63.9 Å². The van der Waals surface area contributed by atoms with Crippen molar-refractivity contribution in [2.75, 3.05) is 32.8 Å². The summed E-state index contributed by atoms with van der Waals surface area (Å²) in [5.41, 5.74) is 4.52. The first kappa shape index (κ1) is 60.7. The predicted octanol–water partition coefficient (Wildman–Crippen LogP) is 1.76. The van der Waals surface area contributed by atoms with Crippen molar-refractivity contribution in [1.29, 1.82) is 0 Å². The van der Waals surface area contributed by atoms with Gasteiger partial charge in [-0.1, -0.05) is 80.4 Å². The van der Waals surface area contributed by atoms with Gasteiger partial charge in [-0.3, -0.25) is 38.4 Å². The molecule has 3 fully saturated rings. The number of phenolic OH excluding ortho intramolecular Hbond substituents is 1. The van der Waals surface area contributed by atoms with E-state index in [2.05, 4.69) is 38.8 Å². The SMILES string of the molecule is CCCCCOc1ccc(-c2ccc(-c3ccc(C(=O)N[C@H]4CCCNC(=O)C5C[C@H](NCC(=O)O)CN5C(=O)C(C(C)O)NC(=O)C(CCc5ccc(O)cc5)NC(=O)C5C[C@@H](O)CN5C(=O)C(C(C)O)NC4=O)cc3)cc2)cc1. The Bertz CT molecular complexity index is 2830. The van der Waals surface area contributed by atoms with E-state index in [0.717, 1.165) is 57.1 Å². The number of hydrogen-bond acceptors (Lipinski definition) is 14. The zero-order valence-corrected chi connectivity index (χ0v) is 45.7. The second-order valence-electron chi connectivity index (χ2n) is 21.0. The van der Waals surface area contributed by atoms with Crippen molar-refractivity contribution < 1.29 is 68.6 Å². The number of phenols is 1. The van der Waals surface area contributed by atoms with Gasteiger partial charge in [0.15, 0.2) is 0 Å². The van der Waals surface area contributed by atoms with Crippen LogP contribution >= 0.6 is 0 Å². The first-order valence-corrected chi connectivity index (χ1v) is 27.6. The van der Waals surface area contributed by atoms with Crippen molar-refractivity contribution in [2.45, 2.75) is 139 Å². The number of fused-ring (bicyclic) bond motifs is 2. The molecule has 0 saturated carbocycles. The predicted molar refractivity (Wildman–Crippen MR) is 297 cm³/mol. The van der Waals surface area contributed by atoms with E-state index < -0.39 is 121 Å². The number of aryl methyl sites for hydroxylation is 1. The molecular weight excluding hydrogens is 1040 g/mol. The molecule has 3 heterocycles. The maximum absolute atomic E-state index is 14.5. The third-order valence-corrected chi connectivity index (χ3v) is 14.8. The molecule has 3 aliphatic heterocycles. The van der Waals surface area contributed by atoms with Crippen molar-refractivity contribution in [1.82, 2.24) is 41.7 Å². The minimum absolute atomic E-state index is 0.0193. The molecule has 434 valence electrons. The minimum Gasteiger partial charge on any atom is -0.508 e. The quantitative estimate of drug-likeness (QED) is 0.0672. The topological polar surface area (TPSA) is 326 Å². The first-order valence-electron chi connectivity index (χ1n) is 27.6. The largest absolute Gasteiger partial charge is 0.508 e. The number of benzene rings is 4. The van der Waals surface area contributed by atoms with Gasteiger partial charge >= 0.3 is 5.97 Å². The molecule has 0 spiro atoms. The number of nitrogens with zero attached hydrogens (tertiary/aromatic N) is 2. The highest BCUT2D eigenvalue weighted by Crippen LogP contribution is 2.28. The molecule has 4 aromatic carbocycles. The van der Waals surface area contributed by atoms with Crippen LogP contribution in [0.1, 0.15) is 88.1 Å². The highest BCUT2D eigenvalue weighted by Gasteiger charge is 2.46. The number of carbonyl (C=O) groups is 8. The van der Waals surface area contributed by atoms with Crippen molar-refractivity contribution in [2.24, 2.45) is 0 Å². The maximum Gasteiger partial charge on any atom is 0.317 e. The summed E-state index contributed by atoms with van der Waals surface area (Å²) in [7, 11) is 0. The third kappa shape index (κ3) is 16.4. The lowest BCUT2D eigenvalue weighted by Crippen LogP contribution is -2.61. The van der Waals surface area contributed by atoms with Crippen LogP contribution in [0.25, 0.3) is 22.3 Å². The Kier molecular flexibility index (Phi) is 21.3. The standard InChI is InChI=1S/C59H74N8O14/c1-4-5-6-28-81-45-24-20-40(21-25-45)38-14-12-37(13-15-38)39-16-18-41(19-17-39)53(74)62-46-8-7-27-60-56(77)48-29-42(61-31-50(72)73)32-66(48)58(79)51(34(2)68)65-55(76)47(26-11-36-9-22-43(70)23-10-36)63-57(78)49-30-44(71)33-67(49)59(80)52(35(3)69)64-54(46)75/h9-10,12-25,34-35,42,44,46-49,51-52,61,68-71H,4-8,11,26-33H2,1-3H3,(H,60,77)(H,62,74)(H,63,78)(H,64,75)(H,65,76)(H,72,73)/t34?,35?,42-,44+,46-,47?,48?,49?,51?,52?/m0/s1. The smallest absolute Gasteiger partial charge is 0.317 e. The van der Waals surface area contributed by atoms with E-state index >= 15 is 0 Å². The second-order valence-corrected chi connectivity index (χ2v) is 21.0. The number of carboxylic acids is 1. The van der Waals surface area contributed by atoms with Gasteiger partial charge < -0.3 is 72.0 Å². The number of aliphatic hydroxyl groups excluding tert-OH is 3. The van der Waals surface area contributed by atoms with Crippen LogP contribution in [0.15, 0.2) is 97.1 Å². The Morgan fingerprint density at radius 3 is 1.83 bits per heavy atom. The highest BCUT2D eigenvalue weighted by molar-refractivity contribution is 6.00. The normalized spacial score (nSPS) is 24.1. The third-order valence-electron chi connectivity index (χ3n) is 14.8. The number of aliphatic carboxylic acids is 1. The van der Waals surface area contributed by atoms with Crippen LogP contribution in [0.4, 0.5) is 0 Å². The second kappa shape index (κ2) is 28.5. The van der Waals surface area contributed by atoms with Gasteiger partial charge in [0.1, 0.15) is 47.8 Å². The number of aliphatic hydroxyl groups is 3. The summed E-state index contributed by atoms with van der Waals surface area (Å²) in [6.45, 7) is 4.08. The molecule has 4 aromatic rings. The fourth-order valence-corrected chi connectivity index (χ4v) is 10.3. The molecule has 3 saturated heterocycles. The zero-order valence-electron chi connectivity index (χ0n) is 45.7. The molecule has 0 bridgehead atoms. The molecule has 0 aromatic heterocycles. The van der Waals surface area contributed by atoms with E-state index in [0.29, 0.717) is 12.2 Å². The van der Waals surface area contributed by atoms with E-state index in [4.69, 9.17) is 4.74 Å². The zero-order chi connectivity index (χ0) is 58.3. The maximum atomic E-state index is 14.5. The van der Waals surface area contributed by atoms with Gasteiger partial charge in [0.2, 0.25) is 35.4 Å². The van der Waals surface area contributed by atoms with Gasteiger partial charge in [-0.05, 0) is 117 Å². The summed E-state index contributed by atoms with van der Waals surface area (Å²) < 4.78 is 5.86. The molecule has 10 atom stereocenters. The number of amides is 7. The van der Waals surface area contributed by atoms with Crippen molar-refractivity contribution >= 4 is 47.3 Å². The lowest BCUT2D eigenvalue weighted by molar-refractivity contribution is -0.145. The number of ether oxygens (including phenoxy) is 1. The molecule has 7 amide bonds. The van der Waals surface area contributed by atoms with Crippen molar-refractivity contribution in [3.05, 3.63) is 108 Å². The summed E-state index contributed by atoms with van der Waals surface area (Å²) in [5, 5.41) is 68.4. The molecule has 3 aliphatic rings. The fourth-order valence-electron chi connectivity index (χ4n) is 10.3. The number of unbranched alkanes of at least 4 members (excludes halogenated alkanes) is 2. The number of hydrogen-bond donors (Lipinski definition) is 11. The van der Waals surface area contributed by atoms with Crippen LogP contribution in [-0.2, 0) is 40.0 Å². The summed E-state index contributed by atoms with van der Waals surface area (Å²) >= 11 is 0. The lowest BCUT2D eigenvalue weighted by Gasteiger charge is -2.32. The number of aromatic hydroxyl groups is 1. The molecule has 7 rings (SSSR count). The molecule has 11 N–H and O–H groups in total. The van der Waals surface area contributed by atoms with Crippen molar-refractivity contribution in [3.8, 4) is 33.8 Å². The molecule has 22 heteroatoms. The summed E-state index contributed by atoms with van der Waals surface area (Å²) in [6.07, 6.45) is -1.63. The number of rotatable bonds is 17. The first-order chi connectivity index (χ1) is 38.8. The van der Waals surface area contributed by atoms with E-state index in [1.54, 1.807) is 36.4 Å². The van der Waals surface area contributed by atoms with Gasteiger partial charge in [0.05, 0.1) is 31.5 Å². The molecule has 0 radical (unpaired) electrons. The monoisotopic (exact) mass is 1120 g/mol. The summed E-state index contributed by atoms with van der Waals surface area (Å²) in [6, 6.07) is 18.9. The number of carbonyl (C=O) groups excluding carboxylic acids is 7. The number of carboxylic acid groups (broad SMARTS) is 1. The molecule has 7 unspecified atom stereocenters. The van der Waals surface area contributed by atoms with E-state index in [1.165, 1.54) is 26.0 Å². The molecular formula is C59H74N8O14. The van der Waals surface area contributed by atoms with Crippen molar-refractivity contribution in [3.63, 3.8) is 0 Å².